The lowest BCUT2D eigenvalue weighted by molar-refractivity contribution is -0.152. The minimum absolute atomic E-state index is 0.158. The van der Waals surface area contributed by atoms with Gasteiger partial charge in [0.1, 0.15) is 11.7 Å². The molecule has 4 rings (SSSR count). The second-order valence-electron chi connectivity index (χ2n) is 10.2. The van der Waals surface area contributed by atoms with Gasteiger partial charge < -0.3 is 24.4 Å². The van der Waals surface area contributed by atoms with E-state index in [0.29, 0.717) is 34.7 Å². The van der Waals surface area contributed by atoms with Crippen LogP contribution in [0.4, 0.5) is 5.69 Å². The first-order chi connectivity index (χ1) is 19.8. The Kier molecular flexibility index (Phi) is 9.53. The van der Waals surface area contributed by atoms with E-state index in [1.807, 2.05) is 55.5 Å². The summed E-state index contributed by atoms with van der Waals surface area (Å²) in [5.41, 5.74) is 4.81. The minimum atomic E-state index is -1.05. The van der Waals surface area contributed by atoms with Crippen LogP contribution in [0.2, 0.25) is 0 Å². The number of hydrogen-bond acceptors (Lipinski definition) is 8. The van der Waals surface area contributed by atoms with Crippen LogP contribution in [-0.2, 0) is 23.9 Å². The molecule has 2 aliphatic rings. The van der Waals surface area contributed by atoms with E-state index in [1.165, 1.54) is 0 Å². The summed E-state index contributed by atoms with van der Waals surface area (Å²) in [5.74, 6) is -2.89. The fourth-order valence-corrected chi connectivity index (χ4v) is 5.98. The lowest BCUT2D eigenvalue weighted by Crippen LogP contribution is -2.43. The van der Waals surface area contributed by atoms with E-state index >= 15 is 0 Å². The Morgan fingerprint density at radius 1 is 0.902 bits per heavy atom. The number of Topliss-reactive ketones (excluding diaryl/α,β-unsaturated/α-hetero) is 1. The van der Waals surface area contributed by atoms with Gasteiger partial charge in [-0.25, -0.2) is 4.79 Å². The molecule has 0 spiro atoms. The third-order valence-electron chi connectivity index (χ3n) is 7.95. The highest BCUT2D eigenvalue weighted by molar-refractivity contribution is 6.13. The minimum Gasteiger partial charge on any atom is -0.497 e. The number of hydrogen-bond donors (Lipinski definition) is 1. The van der Waals surface area contributed by atoms with E-state index in [9.17, 15) is 14.4 Å². The Hall–Kier alpha value is -4.07. The Labute approximate surface area is 242 Å². The topological polar surface area (TPSA) is 94.2 Å². The SMILES string of the molecule is CCOC(=O)C1=C(C)NC2=C(C(=O)[C@H](C(=O)OCC)[C@@H](c3ccc(OC)cc3)C2)[C@H]1c1ccc(N(CC)CC)cc1. The number of ether oxygens (including phenoxy) is 3. The highest BCUT2D eigenvalue weighted by Gasteiger charge is 2.49. The maximum atomic E-state index is 14.5. The molecule has 1 heterocycles. The average Bonchev–Trinajstić information content (AvgIpc) is 2.97. The van der Waals surface area contributed by atoms with Gasteiger partial charge >= 0.3 is 11.9 Å². The van der Waals surface area contributed by atoms with Gasteiger partial charge in [0.15, 0.2) is 5.78 Å². The predicted octanol–water partition coefficient (Wildman–Crippen LogP) is 5.26. The quantitative estimate of drug-likeness (QED) is 0.311. The number of dihydropyridines is 1. The molecule has 0 saturated heterocycles. The highest BCUT2D eigenvalue weighted by Crippen LogP contribution is 2.48. The van der Waals surface area contributed by atoms with Crippen molar-refractivity contribution in [2.45, 2.75) is 52.9 Å². The van der Waals surface area contributed by atoms with E-state index in [1.54, 1.807) is 21.0 Å². The number of ketones is 1. The van der Waals surface area contributed by atoms with Crippen molar-refractivity contribution in [3.63, 3.8) is 0 Å². The van der Waals surface area contributed by atoms with Crippen LogP contribution in [-0.4, -0.2) is 51.1 Å². The third-order valence-corrected chi connectivity index (χ3v) is 7.95. The molecule has 0 bridgehead atoms. The summed E-state index contributed by atoms with van der Waals surface area (Å²) in [4.78, 5) is 43.4. The maximum absolute atomic E-state index is 14.5. The molecule has 0 unspecified atom stereocenters. The summed E-state index contributed by atoms with van der Waals surface area (Å²) in [6, 6.07) is 15.4. The van der Waals surface area contributed by atoms with Crippen LogP contribution in [0.25, 0.3) is 0 Å². The number of carbonyl (C=O) groups is 3. The number of nitrogens with zero attached hydrogens (tertiary/aromatic N) is 1. The molecule has 0 fully saturated rings. The number of rotatable bonds is 10. The molecule has 218 valence electrons. The second-order valence-corrected chi connectivity index (χ2v) is 10.2. The number of benzene rings is 2. The molecule has 2 aromatic rings. The highest BCUT2D eigenvalue weighted by atomic mass is 16.5. The van der Waals surface area contributed by atoms with Crippen LogP contribution >= 0.6 is 0 Å². The predicted molar refractivity (Wildman–Crippen MR) is 158 cm³/mol. The van der Waals surface area contributed by atoms with Crippen LogP contribution in [0, 0.1) is 5.92 Å². The molecule has 3 atom stereocenters. The Morgan fingerprint density at radius 2 is 1.51 bits per heavy atom. The first kappa shape index (κ1) is 29.9. The third kappa shape index (κ3) is 5.87. The van der Waals surface area contributed by atoms with E-state index in [-0.39, 0.29) is 19.0 Å². The zero-order valence-electron chi connectivity index (χ0n) is 24.8. The van der Waals surface area contributed by atoms with Crippen molar-refractivity contribution in [3.8, 4) is 5.75 Å². The molecule has 8 heteroatoms. The molecule has 1 N–H and O–H groups in total. The standard InChI is InChI=1S/C33H40N2O6/c1-7-35(8-2)23-15-11-22(12-16-23)28-27(32(37)40-9-3)20(5)34-26-19-25(21-13-17-24(39-6)18-14-21)29(31(36)30(26)28)33(38)41-10-4/h11-18,25,28-29,34H,7-10,19H2,1-6H3/t25-,28+,29-/m1/s1. The van der Waals surface area contributed by atoms with Gasteiger partial charge in [0, 0.05) is 47.6 Å². The van der Waals surface area contributed by atoms with E-state index in [2.05, 4.69) is 24.1 Å². The summed E-state index contributed by atoms with van der Waals surface area (Å²) < 4.78 is 16.2. The summed E-state index contributed by atoms with van der Waals surface area (Å²) in [7, 11) is 1.59. The van der Waals surface area contributed by atoms with Crippen molar-refractivity contribution in [1.29, 1.82) is 0 Å². The largest absolute Gasteiger partial charge is 0.497 e. The molecule has 0 amide bonds. The molecule has 41 heavy (non-hydrogen) atoms. The number of nitrogens with one attached hydrogen (secondary N) is 1. The zero-order chi connectivity index (χ0) is 29.7. The van der Waals surface area contributed by atoms with Gasteiger partial charge in [-0.2, -0.15) is 0 Å². The Morgan fingerprint density at radius 3 is 2.07 bits per heavy atom. The lowest BCUT2D eigenvalue weighted by atomic mass is 9.67. The molecule has 0 aromatic heterocycles. The van der Waals surface area contributed by atoms with Gasteiger partial charge in [-0.3, -0.25) is 9.59 Å². The number of methoxy groups -OCH3 is 1. The number of esters is 2. The molecule has 0 radical (unpaired) electrons. The number of anilines is 1. The monoisotopic (exact) mass is 560 g/mol. The molecule has 1 aliphatic carbocycles. The van der Waals surface area contributed by atoms with E-state index < -0.39 is 29.7 Å². The molecule has 2 aromatic carbocycles. The zero-order valence-corrected chi connectivity index (χ0v) is 24.8. The first-order valence-electron chi connectivity index (χ1n) is 14.4. The van der Waals surface area contributed by atoms with Crippen molar-refractivity contribution >= 4 is 23.4 Å². The first-order valence-corrected chi connectivity index (χ1v) is 14.4. The van der Waals surface area contributed by atoms with Crippen molar-refractivity contribution in [3.05, 3.63) is 82.2 Å². The number of carbonyl (C=O) groups excluding carboxylic acids is 3. The van der Waals surface area contributed by atoms with Gasteiger partial charge in [-0.05, 0) is 76.4 Å². The summed E-state index contributed by atoms with van der Waals surface area (Å²) in [5, 5.41) is 3.35. The summed E-state index contributed by atoms with van der Waals surface area (Å²) in [6.45, 7) is 11.6. The van der Waals surface area contributed by atoms with Crippen LogP contribution in [0.15, 0.2) is 71.1 Å². The fourth-order valence-electron chi connectivity index (χ4n) is 5.98. The van der Waals surface area contributed by atoms with Gasteiger partial charge in [0.05, 0.1) is 25.9 Å². The Bertz CT molecular complexity index is 1340. The fraction of sp³-hybridized carbons (Fsp3) is 0.424. The van der Waals surface area contributed by atoms with Crippen LogP contribution in [0.1, 0.15) is 64.0 Å². The van der Waals surface area contributed by atoms with E-state index in [0.717, 1.165) is 29.9 Å². The Balaban J connectivity index is 1.87. The summed E-state index contributed by atoms with van der Waals surface area (Å²) >= 11 is 0. The van der Waals surface area contributed by atoms with Gasteiger partial charge in [-0.1, -0.05) is 24.3 Å². The van der Waals surface area contributed by atoms with Crippen molar-refractivity contribution in [2.24, 2.45) is 5.92 Å². The molecule has 1 aliphatic heterocycles. The van der Waals surface area contributed by atoms with Gasteiger partial charge in [-0.15, -0.1) is 0 Å². The van der Waals surface area contributed by atoms with E-state index in [4.69, 9.17) is 14.2 Å². The van der Waals surface area contributed by atoms with Crippen molar-refractivity contribution in [1.82, 2.24) is 5.32 Å². The van der Waals surface area contributed by atoms with Crippen molar-refractivity contribution in [2.75, 3.05) is 38.3 Å². The normalized spacial score (nSPS) is 20.2. The average molecular weight is 561 g/mol. The maximum Gasteiger partial charge on any atom is 0.336 e. The van der Waals surface area contributed by atoms with Crippen LogP contribution < -0.4 is 15.0 Å². The smallest absolute Gasteiger partial charge is 0.336 e. The lowest BCUT2D eigenvalue weighted by Gasteiger charge is -2.39. The van der Waals surface area contributed by atoms with Crippen LogP contribution in [0.5, 0.6) is 5.75 Å². The molecular weight excluding hydrogens is 520 g/mol. The van der Waals surface area contributed by atoms with Crippen LogP contribution in [0.3, 0.4) is 0 Å². The van der Waals surface area contributed by atoms with Crippen molar-refractivity contribution < 1.29 is 28.6 Å². The molecule has 8 nitrogen and oxygen atoms in total. The van der Waals surface area contributed by atoms with Gasteiger partial charge in [0.25, 0.3) is 0 Å². The molecule has 0 saturated carbocycles. The second kappa shape index (κ2) is 13.1. The number of allylic oxidation sites excluding steroid dienone is 3. The molecular formula is C33H40N2O6. The summed E-state index contributed by atoms with van der Waals surface area (Å²) in [6.07, 6.45) is 0.401. The van der Waals surface area contributed by atoms with Gasteiger partial charge in [0.2, 0.25) is 0 Å².